The van der Waals surface area contributed by atoms with E-state index in [1.54, 1.807) is 0 Å². The molecule has 1 nitrogen and oxygen atoms in total. The Hall–Kier alpha value is -0.500. The number of hydrogen-bond acceptors (Lipinski definition) is 1. The van der Waals surface area contributed by atoms with Crippen LogP contribution in [-0.2, 0) is 0 Å². The highest BCUT2D eigenvalue weighted by atomic mass is 79.9. The third-order valence-corrected chi connectivity index (χ3v) is 3.40. The van der Waals surface area contributed by atoms with Gasteiger partial charge in [0.2, 0.25) is 0 Å². The van der Waals surface area contributed by atoms with E-state index in [0.717, 1.165) is 4.47 Å². The Bertz CT molecular complexity index is 315. The minimum absolute atomic E-state index is 0.556. The van der Waals surface area contributed by atoms with Gasteiger partial charge < -0.3 is 5.32 Å². The smallest absolute Gasteiger partial charge is 0.0356 e. The van der Waals surface area contributed by atoms with Crippen LogP contribution in [0.3, 0.4) is 0 Å². The molecule has 1 aromatic carbocycles. The minimum Gasteiger partial charge on any atom is -0.383 e. The maximum Gasteiger partial charge on any atom is 0.0356 e. The van der Waals surface area contributed by atoms with Crippen molar-refractivity contribution in [3.63, 3.8) is 0 Å². The Morgan fingerprint density at radius 2 is 1.94 bits per heavy atom. The molecule has 1 unspecified atom stereocenters. The summed E-state index contributed by atoms with van der Waals surface area (Å²) in [5, 5.41) is 3.57. The largest absolute Gasteiger partial charge is 0.383 e. The first kappa shape index (κ1) is 14.6. The van der Waals surface area contributed by atoms with Crippen molar-refractivity contribution in [3.05, 3.63) is 28.2 Å². The molecule has 96 valence electrons. The lowest BCUT2D eigenvalue weighted by atomic mass is 10.1. The fourth-order valence-electron chi connectivity index (χ4n) is 2.05. The molecule has 0 aliphatic rings. The molecule has 0 saturated heterocycles. The first-order valence-corrected chi connectivity index (χ1v) is 7.45. The van der Waals surface area contributed by atoms with Gasteiger partial charge in [0.15, 0.2) is 0 Å². The molecule has 1 rings (SSSR count). The predicted octanol–water partition coefficient (Wildman–Crippen LogP) is 5.53. The van der Waals surface area contributed by atoms with Crippen LogP contribution in [0.5, 0.6) is 0 Å². The summed E-state index contributed by atoms with van der Waals surface area (Å²) in [6.07, 6.45) is 6.62. The summed E-state index contributed by atoms with van der Waals surface area (Å²) < 4.78 is 1.15. The molecular formula is C15H24BrN. The first-order chi connectivity index (χ1) is 8.11. The Balaban J connectivity index is 2.36. The summed E-state index contributed by atoms with van der Waals surface area (Å²) in [5.74, 6) is 0. The van der Waals surface area contributed by atoms with Gasteiger partial charge in [0.1, 0.15) is 0 Å². The third-order valence-electron chi connectivity index (χ3n) is 2.95. The Labute approximate surface area is 114 Å². The standard InChI is InChI=1S/C15H24BrN/c1-4-5-6-7-8-13(3)17-15-10-12(2)9-14(16)11-15/h9-11,13,17H,4-8H2,1-3H3. The van der Waals surface area contributed by atoms with Gasteiger partial charge in [0, 0.05) is 16.2 Å². The monoisotopic (exact) mass is 297 g/mol. The van der Waals surface area contributed by atoms with Crippen LogP contribution in [0.15, 0.2) is 22.7 Å². The van der Waals surface area contributed by atoms with Crippen molar-refractivity contribution in [1.29, 1.82) is 0 Å². The summed E-state index contributed by atoms with van der Waals surface area (Å²) >= 11 is 3.54. The summed E-state index contributed by atoms with van der Waals surface area (Å²) in [4.78, 5) is 0. The fraction of sp³-hybridized carbons (Fsp3) is 0.600. The zero-order valence-electron chi connectivity index (χ0n) is 11.2. The van der Waals surface area contributed by atoms with Gasteiger partial charge in [0.25, 0.3) is 0 Å². The maximum absolute atomic E-state index is 3.57. The molecule has 1 aromatic rings. The lowest BCUT2D eigenvalue weighted by molar-refractivity contribution is 0.594. The van der Waals surface area contributed by atoms with E-state index in [2.05, 4.69) is 60.2 Å². The topological polar surface area (TPSA) is 12.0 Å². The molecule has 0 aromatic heterocycles. The van der Waals surface area contributed by atoms with Crippen molar-refractivity contribution < 1.29 is 0 Å². The zero-order chi connectivity index (χ0) is 12.7. The van der Waals surface area contributed by atoms with Gasteiger partial charge in [-0.05, 0) is 44.0 Å². The van der Waals surface area contributed by atoms with Crippen LogP contribution >= 0.6 is 15.9 Å². The lowest BCUT2D eigenvalue weighted by Crippen LogP contribution is -2.14. The highest BCUT2D eigenvalue weighted by Gasteiger charge is 2.03. The second kappa shape index (κ2) is 7.75. The summed E-state index contributed by atoms with van der Waals surface area (Å²) in [7, 11) is 0. The molecule has 17 heavy (non-hydrogen) atoms. The number of aryl methyl sites for hydroxylation is 1. The van der Waals surface area contributed by atoms with Crippen LogP contribution < -0.4 is 5.32 Å². The van der Waals surface area contributed by atoms with Crippen LogP contribution in [0.25, 0.3) is 0 Å². The van der Waals surface area contributed by atoms with Gasteiger partial charge in [-0.1, -0.05) is 48.5 Å². The summed E-state index contributed by atoms with van der Waals surface area (Å²) in [6, 6.07) is 7.04. The number of benzene rings is 1. The SMILES string of the molecule is CCCCCCC(C)Nc1cc(C)cc(Br)c1. The molecule has 0 amide bonds. The predicted molar refractivity (Wildman–Crippen MR) is 80.7 cm³/mol. The van der Waals surface area contributed by atoms with E-state index in [-0.39, 0.29) is 0 Å². The molecule has 0 fully saturated rings. The van der Waals surface area contributed by atoms with Crippen LogP contribution in [0.4, 0.5) is 5.69 Å². The van der Waals surface area contributed by atoms with E-state index in [9.17, 15) is 0 Å². The second-order valence-electron chi connectivity index (χ2n) is 4.91. The lowest BCUT2D eigenvalue weighted by Gasteiger charge is -2.16. The van der Waals surface area contributed by atoms with Crippen LogP contribution in [0.2, 0.25) is 0 Å². The van der Waals surface area contributed by atoms with Crippen molar-refractivity contribution in [2.24, 2.45) is 0 Å². The first-order valence-electron chi connectivity index (χ1n) is 6.65. The quantitative estimate of drug-likeness (QED) is 0.653. The van der Waals surface area contributed by atoms with Crippen molar-refractivity contribution >= 4 is 21.6 Å². The van der Waals surface area contributed by atoms with Gasteiger partial charge in [-0.25, -0.2) is 0 Å². The van der Waals surface area contributed by atoms with Gasteiger partial charge in [0.05, 0.1) is 0 Å². The third kappa shape index (κ3) is 6.11. The normalized spacial score (nSPS) is 12.5. The Morgan fingerprint density at radius 1 is 1.18 bits per heavy atom. The molecule has 0 heterocycles. The molecule has 1 N–H and O–H groups in total. The Kier molecular flexibility index (Phi) is 6.64. The van der Waals surface area contributed by atoms with Gasteiger partial charge in [-0.15, -0.1) is 0 Å². The van der Waals surface area contributed by atoms with E-state index < -0.39 is 0 Å². The number of rotatable bonds is 7. The van der Waals surface area contributed by atoms with Crippen LogP contribution in [-0.4, -0.2) is 6.04 Å². The second-order valence-corrected chi connectivity index (χ2v) is 5.83. The van der Waals surface area contributed by atoms with E-state index in [1.807, 2.05) is 0 Å². The number of halogens is 1. The van der Waals surface area contributed by atoms with Crippen molar-refractivity contribution in [2.45, 2.75) is 58.9 Å². The van der Waals surface area contributed by atoms with Gasteiger partial charge >= 0.3 is 0 Å². The average Bonchev–Trinajstić information content (AvgIpc) is 2.23. The van der Waals surface area contributed by atoms with Crippen molar-refractivity contribution in [1.82, 2.24) is 0 Å². The number of nitrogens with one attached hydrogen (secondary N) is 1. The molecule has 0 aliphatic carbocycles. The van der Waals surface area contributed by atoms with Gasteiger partial charge in [-0.2, -0.15) is 0 Å². The van der Waals surface area contributed by atoms with E-state index in [4.69, 9.17) is 0 Å². The van der Waals surface area contributed by atoms with E-state index in [0.29, 0.717) is 6.04 Å². The van der Waals surface area contributed by atoms with E-state index in [1.165, 1.54) is 43.4 Å². The summed E-state index contributed by atoms with van der Waals surface area (Å²) in [6.45, 7) is 6.65. The fourth-order valence-corrected chi connectivity index (χ4v) is 2.66. The molecule has 0 aliphatic heterocycles. The number of hydrogen-bond donors (Lipinski definition) is 1. The molecule has 0 saturated carbocycles. The molecule has 1 atom stereocenters. The number of anilines is 1. The average molecular weight is 298 g/mol. The molecule has 0 radical (unpaired) electrons. The highest BCUT2D eigenvalue weighted by Crippen LogP contribution is 2.20. The van der Waals surface area contributed by atoms with Crippen LogP contribution in [0.1, 0.15) is 51.5 Å². The number of unbranched alkanes of at least 4 members (excludes halogenated alkanes) is 3. The van der Waals surface area contributed by atoms with Crippen LogP contribution in [0, 0.1) is 6.92 Å². The zero-order valence-corrected chi connectivity index (χ0v) is 12.8. The van der Waals surface area contributed by atoms with Gasteiger partial charge in [-0.3, -0.25) is 0 Å². The molecule has 0 spiro atoms. The van der Waals surface area contributed by atoms with Crippen molar-refractivity contribution in [3.8, 4) is 0 Å². The molecule has 0 bridgehead atoms. The highest BCUT2D eigenvalue weighted by molar-refractivity contribution is 9.10. The van der Waals surface area contributed by atoms with E-state index >= 15 is 0 Å². The summed E-state index contributed by atoms with van der Waals surface area (Å²) in [5.41, 5.74) is 2.51. The maximum atomic E-state index is 3.57. The van der Waals surface area contributed by atoms with Crippen molar-refractivity contribution in [2.75, 3.05) is 5.32 Å². The molecule has 2 heteroatoms. The Morgan fingerprint density at radius 3 is 2.59 bits per heavy atom. The molecular weight excluding hydrogens is 274 g/mol. The minimum atomic E-state index is 0.556.